The molecule has 0 bridgehead atoms. The van der Waals surface area contributed by atoms with E-state index in [1.54, 1.807) is 24.4 Å². The minimum absolute atomic E-state index is 0.131. The molecule has 0 amide bonds. The fraction of sp³-hybridized carbons (Fsp3) is 0.421. The summed E-state index contributed by atoms with van der Waals surface area (Å²) in [4.78, 5) is 8.24. The standard InChI is InChI=1S/C19H20F3N5O/c20-15-8-13(26-17-14-9-25-27-18(14)24-11-23-17)6-7-16(15)28-10-19(21,22)12-4-2-1-3-5-12/h1-5,9,11,13,15-16H,6-8,10H2,(H2,23,24,25,26,27)/t13-,15-,16-/m1/s1. The number of nitrogens with one attached hydrogen (secondary N) is 2. The summed E-state index contributed by atoms with van der Waals surface area (Å²) < 4.78 is 48.3. The van der Waals surface area contributed by atoms with Crippen LogP contribution >= 0.6 is 0 Å². The van der Waals surface area contributed by atoms with E-state index in [2.05, 4.69) is 25.5 Å². The lowest BCUT2D eigenvalue weighted by Gasteiger charge is -2.33. The number of aromatic nitrogens is 4. The summed E-state index contributed by atoms with van der Waals surface area (Å²) in [5.74, 6) is -2.57. The van der Waals surface area contributed by atoms with Crippen molar-refractivity contribution in [2.45, 2.75) is 43.5 Å². The first-order chi connectivity index (χ1) is 13.5. The number of ether oxygens (including phenoxy) is 1. The summed E-state index contributed by atoms with van der Waals surface area (Å²) in [6.45, 7) is -0.832. The lowest BCUT2D eigenvalue weighted by molar-refractivity contribution is -0.126. The molecule has 1 aliphatic rings. The van der Waals surface area contributed by atoms with E-state index in [1.807, 2.05) is 0 Å². The summed E-state index contributed by atoms with van der Waals surface area (Å²) in [5, 5.41) is 10.6. The number of alkyl halides is 3. The fourth-order valence-corrected chi connectivity index (χ4v) is 3.46. The molecule has 1 saturated carbocycles. The van der Waals surface area contributed by atoms with Gasteiger partial charge in [-0.15, -0.1) is 0 Å². The largest absolute Gasteiger partial charge is 0.369 e. The van der Waals surface area contributed by atoms with Gasteiger partial charge in [0.25, 0.3) is 5.92 Å². The third kappa shape index (κ3) is 3.94. The van der Waals surface area contributed by atoms with Crippen LogP contribution in [-0.4, -0.2) is 45.1 Å². The highest BCUT2D eigenvalue weighted by atomic mass is 19.3. The predicted molar refractivity (Wildman–Crippen MR) is 97.9 cm³/mol. The molecule has 0 radical (unpaired) electrons. The van der Waals surface area contributed by atoms with Crippen molar-refractivity contribution < 1.29 is 17.9 Å². The van der Waals surface area contributed by atoms with Crippen LogP contribution in [0.3, 0.4) is 0 Å². The normalized spacial score (nSPS) is 23.0. The first-order valence-electron chi connectivity index (χ1n) is 9.12. The molecule has 0 aliphatic heterocycles. The third-order valence-corrected chi connectivity index (χ3v) is 4.98. The Kier molecular flexibility index (Phi) is 5.17. The minimum atomic E-state index is -3.15. The second-order valence-electron chi connectivity index (χ2n) is 6.94. The maximum Gasteiger partial charge on any atom is 0.296 e. The quantitative estimate of drug-likeness (QED) is 0.668. The number of rotatable bonds is 6. The molecule has 2 heterocycles. The highest BCUT2D eigenvalue weighted by molar-refractivity contribution is 5.85. The number of anilines is 1. The van der Waals surface area contributed by atoms with Gasteiger partial charge in [0.2, 0.25) is 0 Å². The fourth-order valence-electron chi connectivity index (χ4n) is 3.46. The van der Waals surface area contributed by atoms with Gasteiger partial charge in [-0.25, -0.2) is 14.4 Å². The van der Waals surface area contributed by atoms with Gasteiger partial charge in [-0.1, -0.05) is 30.3 Å². The van der Waals surface area contributed by atoms with Crippen LogP contribution in [0.5, 0.6) is 0 Å². The molecule has 1 aliphatic carbocycles. The van der Waals surface area contributed by atoms with Crippen molar-refractivity contribution in [3.63, 3.8) is 0 Å². The van der Waals surface area contributed by atoms with Gasteiger partial charge in [-0.2, -0.15) is 13.9 Å². The van der Waals surface area contributed by atoms with E-state index in [-0.39, 0.29) is 18.0 Å². The van der Waals surface area contributed by atoms with E-state index in [9.17, 15) is 13.2 Å². The molecule has 28 heavy (non-hydrogen) atoms. The maximum absolute atomic E-state index is 14.6. The van der Waals surface area contributed by atoms with Gasteiger partial charge in [0.1, 0.15) is 24.9 Å². The monoisotopic (exact) mass is 391 g/mol. The zero-order chi connectivity index (χ0) is 19.6. The van der Waals surface area contributed by atoms with E-state index >= 15 is 0 Å². The van der Waals surface area contributed by atoms with Crippen molar-refractivity contribution in [3.05, 3.63) is 48.4 Å². The highest BCUT2D eigenvalue weighted by Crippen LogP contribution is 2.32. The molecule has 6 nitrogen and oxygen atoms in total. The summed E-state index contributed by atoms with van der Waals surface area (Å²) in [5.41, 5.74) is 0.461. The number of hydrogen-bond acceptors (Lipinski definition) is 5. The number of halogens is 3. The first kappa shape index (κ1) is 18.7. The maximum atomic E-state index is 14.6. The molecule has 2 aromatic heterocycles. The molecule has 1 fully saturated rings. The molecule has 9 heteroatoms. The Bertz CT molecular complexity index is 920. The second-order valence-corrected chi connectivity index (χ2v) is 6.94. The Hall–Kier alpha value is -2.68. The number of aromatic amines is 1. The smallest absolute Gasteiger partial charge is 0.296 e. The zero-order valence-corrected chi connectivity index (χ0v) is 15.0. The molecule has 0 saturated heterocycles. The SMILES string of the molecule is F[C@@H]1C[C@H](Nc2ncnc3[nH]ncc23)CC[C@H]1OCC(F)(F)c1ccccc1. The van der Waals surface area contributed by atoms with Crippen LogP contribution in [0.25, 0.3) is 11.0 Å². The van der Waals surface area contributed by atoms with Gasteiger partial charge < -0.3 is 10.1 Å². The molecule has 148 valence electrons. The van der Waals surface area contributed by atoms with E-state index < -0.39 is 24.8 Å². The number of nitrogens with zero attached hydrogens (tertiary/aromatic N) is 3. The van der Waals surface area contributed by atoms with Crippen molar-refractivity contribution >= 4 is 16.9 Å². The molecular formula is C19H20F3N5O. The Labute approximate surface area is 159 Å². The molecule has 3 aromatic rings. The topological polar surface area (TPSA) is 75.7 Å². The van der Waals surface area contributed by atoms with Crippen molar-refractivity contribution in [2.24, 2.45) is 0 Å². The Balaban J connectivity index is 1.33. The van der Waals surface area contributed by atoms with Gasteiger partial charge in [-0.05, 0) is 12.8 Å². The number of fused-ring (bicyclic) bond motifs is 1. The van der Waals surface area contributed by atoms with E-state index in [1.165, 1.54) is 18.5 Å². The van der Waals surface area contributed by atoms with E-state index in [0.29, 0.717) is 24.3 Å². The highest BCUT2D eigenvalue weighted by Gasteiger charge is 2.37. The molecule has 2 N–H and O–H groups in total. The zero-order valence-electron chi connectivity index (χ0n) is 15.0. The Morgan fingerprint density at radius 1 is 1.18 bits per heavy atom. The lowest BCUT2D eigenvalue weighted by Crippen LogP contribution is -2.40. The molecule has 4 rings (SSSR count). The Morgan fingerprint density at radius 3 is 2.79 bits per heavy atom. The van der Waals surface area contributed by atoms with Gasteiger partial charge in [0.15, 0.2) is 5.65 Å². The summed E-state index contributed by atoms with van der Waals surface area (Å²) in [7, 11) is 0. The predicted octanol–water partition coefficient (Wildman–Crippen LogP) is 3.83. The van der Waals surface area contributed by atoms with Crippen LogP contribution in [0.2, 0.25) is 0 Å². The lowest BCUT2D eigenvalue weighted by atomic mass is 9.91. The van der Waals surface area contributed by atoms with Crippen LogP contribution in [-0.2, 0) is 10.7 Å². The van der Waals surface area contributed by atoms with Crippen molar-refractivity contribution in [2.75, 3.05) is 11.9 Å². The third-order valence-electron chi connectivity index (χ3n) is 4.98. The number of hydrogen-bond donors (Lipinski definition) is 2. The van der Waals surface area contributed by atoms with Crippen LogP contribution in [0, 0.1) is 0 Å². The van der Waals surface area contributed by atoms with E-state index in [4.69, 9.17) is 4.74 Å². The summed E-state index contributed by atoms with van der Waals surface area (Å²) in [6, 6.07) is 7.27. The van der Waals surface area contributed by atoms with Crippen molar-refractivity contribution in [1.29, 1.82) is 0 Å². The number of H-pyrrole nitrogens is 1. The van der Waals surface area contributed by atoms with Gasteiger partial charge in [0, 0.05) is 18.0 Å². The Morgan fingerprint density at radius 2 is 2.00 bits per heavy atom. The van der Waals surface area contributed by atoms with Crippen molar-refractivity contribution in [1.82, 2.24) is 20.2 Å². The second kappa shape index (κ2) is 7.75. The molecule has 3 atom stereocenters. The van der Waals surface area contributed by atoms with Crippen LogP contribution in [0.1, 0.15) is 24.8 Å². The van der Waals surface area contributed by atoms with Gasteiger partial charge in [-0.3, -0.25) is 5.10 Å². The molecule has 1 aromatic carbocycles. The minimum Gasteiger partial charge on any atom is -0.369 e. The average Bonchev–Trinajstić information content (AvgIpc) is 3.18. The van der Waals surface area contributed by atoms with Crippen LogP contribution in [0.4, 0.5) is 19.0 Å². The molecular weight excluding hydrogens is 371 g/mol. The van der Waals surface area contributed by atoms with E-state index in [0.717, 1.165) is 5.39 Å². The van der Waals surface area contributed by atoms with Gasteiger partial charge in [0.05, 0.1) is 17.7 Å². The molecule has 0 unspecified atom stereocenters. The summed E-state index contributed by atoms with van der Waals surface area (Å²) in [6.07, 6.45) is 1.92. The average molecular weight is 391 g/mol. The van der Waals surface area contributed by atoms with Crippen molar-refractivity contribution in [3.8, 4) is 0 Å². The first-order valence-corrected chi connectivity index (χ1v) is 9.12. The van der Waals surface area contributed by atoms with Crippen LogP contribution < -0.4 is 5.32 Å². The molecule has 0 spiro atoms. The van der Waals surface area contributed by atoms with Gasteiger partial charge >= 0.3 is 0 Å². The number of benzene rings is 1. The van der Waals surface area contributed by atoms with Crippen LogP contribution in [0.15, 0.2) is 42.9 Å². The summed E-state index contributed by atoms with van der Waals surface area (Å²) >= 11 is 0.